The normalized spacial score (nSPS) is 12.4. The zero-order chi connectivity index (χ0) is 12.0. The monoisotopic (exact) mass is 237 g/mol. The van der Waals surface area contributed by atoms with Gasteiger partial charge in [0.25, 0.3) is 0 Å². The molecule has 0 bridgehead atoms. The molecule has 0 radical (unpaired) electrons. The third-order valence-corrected chi connectivity index (χ3v) is 2.72. The minimum absolute atomic E-state index is 0.282. The van der Waals surface area contributed by atoms with Crippen molar-refractivity contribution in [2.45, 2.75) is 39.4 Å². The Hall–Kier alpha value is -0.930. The lowest BCUT2D eigenvalue weighted by atomic mass is 10.1. The lowest BCUT2D eigenvalue weighted by Crippen LogP contribution is -2.14. The first-order valence-corrected chi connectivity index (χ1v) is 6.05. The molecular formula is C13H19NOS. The molecule has 0 aromatic heterocycles. The Morgan fingerprint density at radius 1 is 1.44 bits per heavy atom. The van der Waals surface area contributed by atoms with Crippen molar-refractivity contribution in [1.82, 2.24) is 0 Å². The minimum atomic E-state index is 0.282. The van der Waals surface area contributed by atoms with Gasteiger partial charge in [-0.2, -0.15) is 0 Å². The second-order valence-corrected chi connectivity index (χ2v) is 4.37. The first-order chi connectivity index (χ1) is 7.65. The highest BCUT2D eigenvalue weighted by atomic mass is 32.1. The van der Waals surface area contributed by atoms with Crippen molar-refractivity contribution in [3.05, 3.63) is 35.4 Å². The van der Waals surface area contributed by atoms with E-state index in [-0.39, 0.29) is 6.10 Å². The van der Waals surface area contributed by atoms with Crippen LogP contribution in [0.4, 0.5) is 0 Å². The van der Waals surface area contributed by atoms with Crippen LogP contribution in [0.1, 0.15) is 37.8 Å². The molecule has 0 fully saturated rings. The second kappa shape index (κ2) is 6.61. The third-order valence-electron chi connectivity index (χ3n) is 2.50. The van der Waals surface area contributed by atoms with Crippen LogP contribution in [0.15, 0.2) is 24.3 Å². The molecule has 88 valence electrons. The van der Waals surface area contributed by atoms with Crippen LogP contribution in [0, 0.1) is 0 Å². The largest absolute Gasteiger partial charge is 0.389 e. The molecule has 16 heavy (non-hydrogen) atoms. The standard InChI is InChI=1S/C13H19NOS/c1-3-6-10(2)15-9-11-7-4-5-8-12(11)13(14)16/h4-5,7-8,10H,3,6,9H2,1-2H3,(H2,14,16). The van der Waals surface area contributed by atoms with Crippen molar-refractivity contribution in [3.8, 4) is 0 Å². The average molecular weight is 237 g/mol. The number of rotatable bonds is 6. The lowest BCUT2D eigenvalue weighted by Gasteiger charge is -2.13. The highest BCUT2D eigenvalue weighted by Crippen LogP contribution is 2.12. The maximum absolute atomic E-state index is 5.74. The summed E-state index contributed by atoms with van der Waals surface area (Å²) in [7, 11) is 0. The van der Waals surface area contributed by atoms with Crippen molar-refractivity contribution in [2.75, 3.05) is 0 Å². The molecule has 3 heteroatoms. The van der Waals surface area contributed by atoms with Gasteiger partial charge in [-0.05, 0) is 18.9 Å². The summed E-state index contributed by atoms with van der Waals surface area (Å²) in [6.45, 7) is 4.82. The fourth-order valence-corrected chi connectivity index (χ4v) is 1.81. The van der Waals surface area contributed by atoms with Crippen LogP contribution < -0.4 is 5.73 Å². The van der Waals surface area contributed by atoms with E-state index in [4.69, 9.17) is 22.7 Å². The van der Waals surface area contributed by atoms with E-state index in [2.05, 4.69) is 13.8 Å². The van der Waals surface area contributed by atoms with E-state index in [1.807, 2.05) is 24.3 Å². The van der Waals surface area contributed by atoms with Gasteiger partial charge in [-0.25, -0.2) is 0 Å². The zero-order valence-electron chi connectivity index (χ0n) is 9.90. The first-order valence-electron chi connectivity index (χ1n) is 5.64. The number of hydrogen-bond acceptors (Lipinski definition) is 2. The molecule has 0 spiro atoms. The van der Waals surface area contributed by atoms with Crippen molar-refractivity contribution in [1.29, 1.82) is 0 Å². The molecule has 0 aliphatic heterocycles. The molecule has 2 nitrogen and oxygen atoms in total. The molecule has 0 amide bonds. The van der Waals surface area contributed by atoms with E-state index in [1.165, 1.54) is 0 Å². The minimum Gasteiger partial charge on any atom is -0.389 e. The Labute approximate surface area is 103 Å². The van der Waals surface area contributed by atoms with Gasteiger partial charge in [-0.15, -0.1) is 0 Å². The molecule has 1 aromatic rings. The molecule has 1 unspecified atom stereocenters. The molecule has 0 aliphatic rings. The predicted molar refractivity (Wildman–Crippen MR) is 71.5 cm³/mol. The first kappa shape index (κ1) is 13.1. The molecule has 0 heterocycles. The van der Waals surface area contributed by atoms with Crippen molar-refractivity contribution in [2.24, 2.45) is 5.73 Å². The van der Waals surface area contributed by atoms with E-state index in [9.17, 15) is 0 Å². The number of ether oxygens (including phenoxy) is 1. The summed E-state index contributed by atoms with van der Waals surface area (Å²) in [5.74, 6) is 0. The van der Waals surface area contributed by atoms with E-state index in [1.54, 1.807) is 0 Å². The van der Waals surface area contributed by atoms with Gasteiger partial charge in [0.1, 0.15) is 4.99 Å². The van der Waals surface area contributed by atoms with E-state index >= 15 is 0 Å². The van der Waals surface area contributed by atoms with Crippen LogP contribution >= 0.6 is 12.2 Å². The number of nitrogens with two attached hydrogens (primary N) is 1. The molecule has 1 atom stereocenters. The van der Waals surface area contributed by atoms with Gasteiger partial charge in [0.05, 0.1) is 12.7 Å². The molecule has 0 saturated heterocycles. The molecule has 1 aromatic carbocycles. The predicted octanol–water partition coefficient (Wildman–Crippen LogP) is 3.03. The maximum atomic E-state index is 5.74. The van der Waals surface area contributed by atoms with E-state index < -0.39 is 0 Å². The fraction of sp³-hybridized carbons (Fsp3) is 0.462. The highest BCUT2D eigenvalue weighted by molar-refractivity contribution is 7.80. The molecule has 2 N–H and O–H groups in total. The van der Waals surface area contributed by atoms with Gasteiger partial charge in [0.2, 0.25) is 0 Å². The van der Waals surface area contributed by atoms with Gasteiger partial charge in [0.15, 0.2) is 0 Å². The van der Waals surface area contributed by atoms with Gasteiger partial charge < -0.3 is 10.5 Å². The van der Waals surface area contributed by atoms with Crippen LogP contribution in [0.25, 0.3) is 0 Å². The topological polar surface area (TPSA) is 35.2 Å². The quantitative estimate of drug-likeness (QED) is 0.772. The van der Waals surface area contributed by atoms with E-state index in [0.29, 0.717) is 11.6 Å². The lowest BCUT2D eigenvalue weighted by molar-refractivity contribution is 0.0471. The summed E-state index contributed by atoms with van der Waals surface area (Å²) in [6.07, 6.45) is 2.50. The maximum Gasteiger partial charge on any atom is 0.104 e. The Bertz CT molecular complexity index is 352. The van der Waals surface area contributed by atoms with Crippen LogP contribution in [0.2, 0.25) is 0 Å². The molecule has 0 saturated carbocycles. The Morgan fingerprint density at radius 3 is 2.75 bits per heavy atom. The number of hydrogen-bond donors (Lipinski definition) is 1. The number of benzene rings is 1. The molecule has 1 rings (SSSR count). The average Bonchev–Trinajstić information content (AvgIpc) is 2.27. The molecular weight excluding hydrogens is 218 g/mol. The summed E-state index contributed by atoms with van der Waals surface area (Å²) >= 11 is 5.00. The van der Waals surface area contributed by atoms with Gasteiger partial charge in [-0.3, -0.25) is 0 Å². The van der Waals surface area contributed by atoms with Crippen LogP contribution in [0.5, 0.6) is 0 Å². The molecule has 0 aliphatic carbocycles. The zero-order valence-corrected chi connectivity index (χ0v) is 10.7. The van der Waals surface area contributed by atoms with Crippen molar-refractivity contribution >= 4 is 17.2 Å². The van der Waals surface area contributed by atoms with E-state index in [0.717, 1.165) is 24.0 Å². The fourth-order valence-electron chi connectivity index (χ4n) is 1.61. The van der Waals surface area contributed by atoms with Gasteiger partial charge in [0, 0.05) is 5.56 Å². The summed E-state index contributed by atoms with van der Waals surface area (Å²) in [6, 6.07) is 7.86. The van der Waals surface area contributed by atoms with Gasteiger partial charge >= 0.3 is 0 Å². The summed E-state index contributed by atoms with van der Waals surface area (Å²) < 4.78 is 5.74. The summed E-state index contributed by atoms with van der Waals surface area (Å²) in [5.41, 5.74) is 7.64. The SMILES string of the molecule is CCCC(C)OCc1ccccc1C(N)=S. The van der Waals surface area contributed by atoms with Crippen LogP contribution in [-0.2, 0) is 11.3 Å². The van der Waals surface area contributed by atoms with Gasteiger partial charge in [-0.1, -0.05) is 49.8 Å². The Balaban J connectivity index is 2.63. The van der Waals surface area contributed by atoms with Crippen molar-refractivity contribution in [3.63, 3.8) is 0 Å². The Morgan fingerprint density at radius 2 is 2.12 bits per heavy atom. The smallest absolute Gasteiger partial charge is 0.104 e. The van der Waals surface area contributed by atoms with Crippen LogP contribution in [-0.4, -0.2) is 11.1 Å². The highest BCUT2D eigenvalue weighted by Gasteiger charge is 2.06. The van der Waals surface area contributed by atoms with Crippen molar-refractivity contribution < 1.29 is 4.74 Å². The number of thiocarbonyl (C=S) groups is 1. The second-order valence-electron chi connectivity index (χ2n) is 3.93. The summed E-state index contributed by atoms with van der Waals surface area (Å²) in [5, 5.41) is 0. The van der Waals surface area contributed by atoms with Crippen LogP contribution in [0.3, 0.4) is 0 Å². The summed E-state index contributed by atoms with van der Waals surface area (Å²) in [4.78, 5) is 0.433. The third kappa shape index (κ3) is 3.91. The Kier molecular flexibility index (Phi) is 5.43.